The van der Waals surface area contributed by atoms with Crippen molar-refractivity contribution in [2.24, 2.45) is 5.92 Å². The lowest BCUT2D eigenvalue weighted by Gasteiger charge is -2.19. The normalized spacial score (nSPS) is 12.2. The average molecular weight is 345 g/mol. The molecule has 0 spiro atoms. The Hall–Kier alpha value is -1.47. The molecule has 1 rings (SSSR count). The molecule has 1 atom stereocenters. The van der Waals surface area contributed by atoms with Crippen molar-refractivity contribution >= 4 is 27.6 Å². The fraction of sp³-hybridized carbons (Fsp3) is 0.462. The van der Waals surface area contributed by atoms with Crippen LogP contribution in [0.1, 0.15) is 19.4 Å². The fourth-order valence-corrected chi connectivity index (χ4v) is 2.14. The second-order valence-corrected chi connectivity index (χ2v) is 5.57. The van der Waals surface area contributed by atoms with Crippen LogP contribution in [-0.4, -0.2) is 24.0 Å². The Morgan fingerprint density at radius 1 is 1.50 bits per heavy atom. The van der Waals surface area contributed by atoms with Gasteiger partial charge in [-0.05, 0) is 18.1 Å². The van der Waals surface area contributed by atoms with Gasteiger partial charge in [-0.2, -0.15) is 0 Å². The second kappa shape index (κ2) is 7.35. The molecule has 1 aromatic carbocycles. The molecule has 1 N–H and O–H groups in total. The molecule has 20 heavy (non-hydrogen) atoms. The van der Waals surface area contributed by atoms with E-state index in [0.717, 1.165) is 0 Å². The van der Waals surface area contributed by atoms with Gasteiger partial charge < -0.3 is 4.74 Å². The predicted octanol–water partition coefficient (Wildman–Crippen LogP) is 2.64. The van der Waals surface area contributed by atoms with Crippen LogP contribution in [0.15, 0.2) is 22.7 Å². The van der Waals surface area contributed by atoms with Gasteiger partial charge in [0.05, 0.1) is 12.0 Å². The summed E-state index contributed by atoms with van der Waals surface area (Å²) in [6.07, 6.45) is 0. The van der Waals surface area contributed by atoms with Crippen LogP contribution in [-0.2, 0) is 16.1 Å². The largest absolute Gasteiger partial charge is 0.468 e. The molecule has 0 aliphatic rings. The summed E-state index contributed by atoms with van der Waals surface area (Å²) in [6, 6.07) is 4.33. The Balaban J connectivity index is 2.88. The van der Waals surface area contributed by atoms with Crippen molar-refractivity contribution in [2.75, 3.05) is 7.11 Å². The summed E-state index contributed by atoms with van der Waals surface area (Å²) in [5, 5.41) is 14.0. The number of ether oxygens (including phenoxy) is 1. The highest BCUT2D eigenvalue weighted by molar-refractivity contribution is 9.10. The Bertz CT molecular complexity index is 505. The Morgan fingerprint density at radius 3 is 2.65 bits per heavy atom. The number of nitro benzene ring substituents is 1. The molecule has 1 aromatic rings. The SMILES string of the molecule is COC(=O)C(NCc1ccc(Br)cc1[N+](=O)[O-])C(C)C. The monoisotopic (exact) mass is 344 g/mol. The van der Waals surface area contributed by atoms with Gasteiger partial charge >= 0.3 is 5.97 Å². The smallest absolute Gasteiger partial charge is 0.323 e. The molecule has 0 aliphatic heterocycles. The topological polar surface area (TPSA) is 81.5 Å². The third-order valence-electron chi connectivity index (χ3n) is 2.88. The number of hydrogen-bond donors (Lipinski definition) is 1. The first-order chi connectivity index (χ1) is 9.36. The molecule has 0 amide bonds. The Labute approximate surface area is 125 Å². The van der Waals surface area contributed by atoms with Crippen LogP contribution in [0.25, 0.3) is 0 Å². The third-order valence-corrected chi connectivity index (χ3v) is 3.37. The van der Waals surface area contributed by atoms with Gasteiger partial charge in [0, 0.05) is 22.6 Å². The van der Waals surface area contributed by atoms with Gasteiger partial charge in [0.25, 0.3) is 5.69 Å². The minimum atomic E-state index is -0.497. The molecule has 0 radical (unpaired) electrons. The number of halogens is 1. The number of esters is 1. The maximum atomic E-state index is 11.6. The first-order valence-electron chi connectivity index (χ1n) is 6.10. The van der Waals surface area contributed by atoms with Gasteiger partial charge in [-0.1, -0.05) is 29.8 Å². The first kappa shape index (κ1) is 16.6. The van der Waals surface area contributed by atoms with Crippen LogP contribution in [0.4, 0.5) is 5.69 Å². The lowest BCUT2D eigenvalue weighted by molar-refractivity contribution is -0.385. The molecular weight excluding hydrogens is 328 g/mol. The van der Waals surface area contributed by atoms with Crippen molar-refractivity contribution < 1.29 is 14.5 Å². The molecule has 0 saturated heterocycles. The number of nitro groups is 1. The van der Waals surface area contributed by atoms with Gasteiger partial charge in [-0.25, -0.2) is 0 Å². The number of nitrogens with one attached hydrogen (secondary N) is 1. The van der Waals surface area contributed by atoms with Crippen molar-refractivity contribution in [2.45, 2.75) is 26.4 Å². The van der Waals surface area contributed by atoms with Crippen molar-refractivity contribution in [3.63, 3.8) is 0 Å². The number of rotatable bonds is 6. The molecule has 6 nitrogen and oxygen atoms in total. The number of carbonyl (C=O) groups is 1. The van der Waals surface area contributed by atoms with E-state index in [1.54, 1.807) is 12.1 Å². The summed E-state index contributed by atoms with van der Waals surface area (Å²) in [5.74, 6) is -0.350. The highest BCUT2D eigenvalue weighted by Crippen LogP contribution is 2.23. The molecular formula is C13H17BrN2O4. The Kier molecular flexibility index (Phi) is 6.09. The summed E-state index contributed by atoms with van der Waals surface area (Å²) >= 11 is 3.20. The van der Waals surface area contributed by atoms with Crippen LogP contribution in [0.2, 0.25) is 0 Å². The van der Waals surface area contributed by atoms with Crippen molar-refractivity contribution in [3.8, 4) is 0 Å². The summed E-state index contributed by atoms with van der Waals surface area (Å²) < 4.78 is 5.36. The van der Waals surface area contributed by atoms with E-state index in [-0.39, 0.29) is 24.1 Å². The zero-order valence-electron chi connectivity index (χ0n) is 11.6. The number of carbonyl (C=O) groups excluding carboxylic acids is 1. The van der Waals surface area contributed by atoms with Crippen molar-refractivity contribution in [1.82, 2.24) is 5.32 Å². The summed E-state index contributed by atoms with van der Waals surface area (Å²) in [7, 11) is 1.32. The van der Waals surface area contributed by atoms with E-state index in [4.69, 9.17) is 4.74 Å². The van der Waals surface area contributed by atoms with Gasteiger partial charge in [-0.3, -0.25) is 20.2 Å². The fourth-order valence-electron chi connectivity index (χ4n) is 1.79. The van der Waals surface area contributed by atoms with Gasteiger partial charge in [0.15, 0.2) is 0 Å². The standard InChI is InChI=1S/C13H17BrN2O4/c1-8(2)12(13(17)20-3)15-7-9-4-5-10(14)6-11(9)16(18)19/h4-6,8,12,15H,7H2,1-3H3. The molecule has 0 bridgehead atoms. The van der Waals surface area contributed by atoms with E-state index in [1.165, 1.54) is 13.2 Å². The minimum Gasteiger partial charge on any atom is -0.468 e. The number of benzene rings is 1. The first-order valence-corrected chi connectivity index (χ1v) is 6.90. The van der Waals surface area contributed by atoms with Crippen LogP contribution in [0.5, 0.6) is 0 Å². The average Bonchev–Trinajstić information content (AvgIpc) is 2.39. The summed E-state index contributed by atoms with van der Waals surface area (Å²) in [5.41, 5.74) is 0.534. The summed E-state index contributed by atoms with van der Waals surface area (Å²) in [6.45, 7) is 3.98. The molecule has 7 heteroatoms. The molecule has 0 saturated carbocycles. The van der Waals surface area contributed by atoms with Crippen LogP contribution in [0, 0.1) is 16.0 Å². The van der Waals surface area contributed by atoms with E-state index in [2.05, 4.69) is 21.2 Å². The maximum Gasteiger partial charge on any atom is 0.323 e. The van der Waals surface area contributed by atoms with Gasteiger partial charge in [0.1, 0.15) is 6.04 Å². The molecule has 0 aromatic heterocycles. The quantitative estimate of drug-likeness (QED) is 0.487. The number of methoxy groups -OCH3 is 1. The third kappa shape index (κ3) is 4.28. The van der Waals surface area contributed by atoms with E-state index in [9.17, 15) is 14.9 Å². The van der Waals surface area contributed by atoms with E-state index in [0.29, 0.717) is 10.0 Å². The highest BCUT2D eigenvalue weighted by atomic mass is 79.9. The zero-order valence-corrected chi connectivity index (χ0v) is 13.1. The zero-order chi connectivity index (χ0) is 15.3. The summed E-state index contributed by atoms with van der Waals surface area (Å²) in [4.78, 5) is 22.2. The number of hydrogen-bond acceptors (Lipinski definition) is 5. The van der Waals surface area contributed by atoms with Crippen molar-refractivity contribution in [1.29, 1.82) is 0 Å². The predicted molar refractivity (Wildman–Crippen MR) is 78.3 cm³/mol. The minimum absolute atomic E-state index is 0.0132. The second-order valence-electron chi connectivity index (χ2n) is 4.66. The lowest BCUT2D eigenvalue weighted by atomic mass is 10.0. The molecule has 110 valence electrons. The van der Waals surface area contributed by atoms with Crippen molar-refractivity contribution in [3.05, 3.63) is 38.3 Å². The van der Waals surface area contributed by atoms with Gasteiger partial charge in [0.2, 0.25) is 0 Å². The van der Waals surface area contributed by atoms with E-state index in [1.807, 2.05) is 13.8 Å². The highest BCUT2D eigenvalue weighted by Gasteiger charge is 2.23. The molecule has 1 unspecified atom stereocenters. The van der Waals surface area contributed by atoms with E-state index < -0.39 is 11.0 Å². The lowest BCUT2D eigenvalue weighted by Crippen LogP contribution is -2.41. The number of nitrogens with zero attached hydrogens (tertiary/aromatic N) is 1. The van der Waals surface area contributed by atoms with Crippen LogP contribution >= 0.6 is 15.9 Å². The molecule has 0 aliphatic carbocycles. The maximum absolute atomic E-state index is 11.6. The van der Waals surface area contributed by atoms with Gasteiger partial charge in [-0.15, -0.1) is 0 Å². The van der Waals surface area contributed by atoms with Crippen LogP contribution < -0.4 is 5.32 Å². The molecule has 0 fully saturated rings. The van der Waals surface area contributed by atoms with Crippen LogP contribution in [0.3, 0.4) is 0 Å². The molecule has 0 heterocycles. The van der Waals surface area contributed by atoms with E-state index >= 15 is 0 Å². The Morgan fingerprint density at radius 2 is 2.15 bits per heavy atom.